The van der Waals surface area contributed by atoms with Crippen LogP contribution in [0.3, 0.4) is 0 Å². The summed E-state index contributed by atoms with van der Waals surface area (Å²) < 4.78 is 5.40. The summed E-state index contributed by atoms with van der Waals surface area (Å²) in [6.45, 7) is 0. The third kappa shape index (κ3) is 2.49. The van der Waals surface area contributed by atoms with Crippen molar-refractivity contribution in [2.24, 2.45) is 0 Å². The minimum absolute atomic E-state index is 0.207. The van der Waals surface area contributed by atoms with E-state index in [1.165, 1.54) is 0 Å². The number of methoxy groups -OCH3 is 1. The summed E-state index contributed by atoms with van der Waals surface area (Å²) in [7, 11) is 1.55. The standard InChI is InChI=1S/C19H13NO3/c1-23-17-7-3-5-14(11-20)18(17)15-6-2-4-12-8-9-13(19(21)22)10-16(12)15/h2-10H,1H3,(H,21,22). The molecule has 0 saturated heterocycles. The molecule has 0 radical (unpaired) electrons. The number of fused-ring (bicyclic) bond motifs is 1. The topological polar surface area (TPSA) is 70.3 Å². The van der Waals surface area contributed by atoms with Gasteiger partial charge < -0.3 is 9.84 Å². The van der Waals surface area contributed by atoms with Gasteiger partial charge in [-0.05, 0) is 40.6 Å². The summed E-state index contributed by atoms with van der Waals surface area (Å²) in [5, 5.41) is 20.3. The summed E-state index contributed by atoms with van der Waals surface area (Å²) in [5.74, 6) is -0.403. The number of ether oxygens (including phenoxy) is 1. The van der Waals surface area contributed by atoms with E-state index >= 15 is 0 Å². The fraction of sp³-hybridized carbons (Fsp3) is 0.0526. The molecule has 112 valence electrons. The van der Waals surface area contributed by atoms with Crippen LogP contribution in [0.15, 0.2) is 54.6 Å². The SMILES string of the molecule is COc1cccc(C#N)c1-c1cccc2ccc(C(=O)O)cc12. The minimum atomic E-state index is -0.984. The van der Waals surface area contributed by atoms with E-state index in [0.29, 0.717) is 16.9 Å². The van der Waals surface area contributed by atoms with Gasteiger partial charge in [0.2, 0.25) is 0 Å². The van der Waals surface area contributed by atoms with Crippen molar-refractivity contribution in [2.75, 3.05) is 7.11 Å². The average Bonchev–Trinajstić information content (AvgIpc) is 2.59. The monoisotopic (exact) mass is 303 g/mol. The van der Waals surface area contributed by atoms with Gasteiger partial charge in [-0.2, -0.15) is 5.26 Å². The molecule has 0 atom stereocenters. The zero-order valence-electron chi connectivity index (χ0n) is 12.4. The largest absolute Gasteiger partial charge is 0.496 e. The van der Waals surface area contributed by atoms with Crippen molar-refractivity contribution >= 4 is 16.7 Å². The Kier molecular flexibility index (Phi) is 3.70. The van der Waals surface area contributed by atoms with E-state index in [1.54, 1.807) is 43.5 Å². The van der Waals surface area contributed by atoms with Gasteiger partial charge >= 0.3 is 5.97 Å². The van der Waals surface area contributed by atoms with Crippen molar-refractivity contribution < 1.29 is 14.6 Å². The lowest BCUT2D eigenvalue weighted by molar-refractivity contribution is 0.0697. The number of carbonyl (C=O) groups is 1. The summed E-state index contributed by atoms with van der Waals surface area (Å²) in [6.07, 6.45) is 0. The van der Waals surface area contributed by atoms with Crippen molar-refractivity contribution in [3.8, 4) is 22.9 Å². The third-order valence-corrected chi connectivity index (χ3v) is 3.77. The molecule has 0 unspecified atom stereocenters. The van der Waals surface area contributed by atoms with Crippen LogP contribution in [-0.2, 0) is 0 Å². The number of hydrogen-bond acceptors (Lipinski definition) is 3. The van der Waals surface area contributed by atoms with Gasteiger partial charge in [-0.15, -0.1) is 0 Å². The molecule has 1 N–H and O–H groups in total. The first kappa shape index (κ1) is 14.6. The molecule has 0 amide bonds. The molecule has 0 aromatic heterocycles. The van der Waals surface area contributed by atoms with E-state index in [0.717, 1.165) is 16.3 Å². The van der Waals surface area contributed by atoms with Crippen LogP contribution >= 0.6 is 0 Å². The fourth-order valence-electron chi connectivity index (χ4n) is 2.70. The van der Waals surface area contributed by atoms with Gasteiger partial charge in [0.05, 0.1) is 24.3 Å². The van der Waals surface area contributed by atoms with Crippen LogP contribution in [0.5, 0.6) is 5.75 Å². The zero-order valence-corrected chi connectivity index (χ0v) is 12.4. The zero-order chi connectivity index (χ0) is 16.4. The second-order valence-electron chi connectivity index (χ2n) is 5.04. The lowest BCUT2D eigenvalue weighted by atomic mass is 9.93. The molecular weight excluding hydrogens is 290 g/mol. The predicted molar refractivity (Wildman–Crippen MR) is 87.6 cm³/mol. The van der Waals surface area contributed by atoms with Crippen LogP contribution in [0.1, 0.15) is 15.9 Å². The highest BCUT2D eigenvalue weighted by atomic mass is 16.5. The smallest absolute Gasteiger partial charge is 0.335 e. The van der Waals surface area contributed by atoms with E-state index in [9.17, 15) is 15.2 Å². The molecule has 0 aliphatic rings. The first-order chi connectivity index (χ1) is 11.2. The Bertz CT molecular complexity index is 954. The van der Waals surface area contributed by atoms with Crippen LogP contribution < -0.4 is 4.74 Å². The minimum Gasteiger partial charge on any atom is -0.496 e. The molecule has 3 aromatic carbocycles. The van der Waals surface area contributed by atoms with Crippen molar-refractivity contribution in [1.82, 2.24) is 0 Å². The normalized spacial score (nSPS) is 10.3. The molecule has 0 fully saturated rings. The summed E-state index contributed by atoms with van der Waals surface area (Å²) in [4.78, 5) is 11.3. The highest BCUT2D eigenvalue weighted by Gasteiger charge is 2.15. The Morgan fingerprint density at radius 3 is 2.61 bits per heavy atom. The fourth-order valence-corrected chi connectivity index (χ4v) is 2.70. The second kappa shape index (κ2) is 5.82. The molecule has 4 heteroatoms. The molecule has 4 nitrogen and oxygen atoms in total. The van der Waals surface area contributed by atoms with Gasteiger partial charge in [-0.25, -0.2) is 4.79 Å². The van der Waals surface area contributed by atoms with Crippen LogP contribution in [0, 0.1) is 11.3 Å². The number of carboxylic acid groups (broad SMARTS) is 1. The summed E-state index contributed by atoms with van der Waals surface area (Å²) in [6, 6.07) is 18.1. The molecule has 0 heterocycles. The van der Waals surface area contributed by atoms with Crippen molar-refractivity contribution in [3.05, 3.63) is 65.7 Å². The molecule has 3 aromatic rings. The predicted octanol–water partition coefficient (Wildman–Crippen LogP) is 4.09. The van der Waals surface area contributed by atoms with E-state index in [-0.39, 0.29) is 5.56 Å². The lowest BCUT2D eigenvalue weighted by Crippen LogP contribution is -1.97. The third-order valence-electron chi connectivity index (χ3n) is 3.77. The molecular formula is C19H13NO3. The lowest BCUT2D eigenvalue weighted by Gasteiger charge is -2.13. The van der Waals surface area contributed by atoms with Crippen LogP contribution in [-0.4, -0.2) is 18.2 Å². The number of hydrogen-bond donors (Lipinski definition) is 1. The van der Waals surface area contributed by atoms with Gasteiger partial charge in [-0.3, -0.25) is 0 Å². The summed E-state index contributed by atoms with van der Waals surface area (Å²) in [5.41, 5.74) is 2.14. The van der Waals surface area contributed by atoms with Gasteiger partial charge in [0.1, 0.15) is 5.75 Å². The molecule has 0 spiro atoms. The maximum Gasteiger partial charge on any atom is 0.335 e. The van der Waals surface area contributed by atoms with Crippen molar-refractivity contribution in [2.45, 2.75) is 0 Å². The number of carboxylic acids is 1. The molecule has 3 rings (SSSR count). The van der Waals surface area contributed by atoms with Crippen LogP contribution in [0.4, 0.5) is 0 Å². The Morgan fingerprint density at radius 1 is 1.13 bits per heavy atom. The molecule has 0 aliphatic carbocycles. The maximum atomic E-state index is 11.3. The van der Waals surface area contributed by atoms with E-state index in [4.69, 9.17) is 4.74 Å². The first-order valence-corrected chi connectivity index (χ1v) is 6.99. The Balaban J connectivity index is 2.39. The maximum absolute atomic E-state index is 11.3. The van der Waals surface area contributed by atoms with Gasteiger partial charge in [-0.1, -0.05) is 30.3 Å². The van der Waals surface area contributed by atoms with Crippen LogP contribution in [0.2, 0.25) is 0 Å². The molecule has 0 aliphatic heterocycles. The quantitative estimate of drug-likeness (QED) is 0.791. The first-order valence-electron chi connectivity index (χ1n) is 6.99. The average molecular weight is 303 g/mol. The number of rotatable bonds is 3. The van der Waals surface area contributed by atoms with Crippen LogP contribution in [0.25, 0.3) is 21.9 Å². The Labute approximate surface area is 133 Å². The number of benzene rings is 3. The molecule has 23 heavy (non-hydrogen) atoms. The highest BCUT2D eigenvalue weighted by molar-refractivity contribution is 6.03. The van der Waals surface area contributed by atoms with E-state index in [1.807, 2.05) is 18.2 Å². The second-order valence-corrected chi connectivity index (χ2v) is 5.04. The van der Waals surface area contributed by atoms with Gasteiger partial charge in [0.15, 0.2) is 0 Å². The molecule has 0 bridgehead atoms. The summed E-state index contributed by atoms with van der Waals surface area (Å²) >= 11 is 0. The number of nitrogens with zero attached hydrogens (tertiary/aromatic N) is 1. The van der Waals surface area contributed by atoms with Gasteiger partial charge in [0.25, 0.3) is 0 Å². The molecule has 0 saturated carbocycles. The number of nitriles is 1. The van der Waals surface area contributed by atoms with E-state index < -0.39 is 5.97 Å². The van der Waals surface area contributed by atoms with E-state index in [2.05, 4.69) is 6.07 Å². The highest BCUT2D eigenvalue weighted by Crippen LogP contribution is 2.37. The van der Waals surface area contributed by atoms with Crippen molar-refractivity contribution in [1.29, 1.82) is 5.26 Å². The Morgan fingerprint density at radius 2 is 1.91 bits per heavy atom. The van der Waals surface area contributed by atoms with Crippen molar-refractivity contribution in [3.63, 3.8) is 0 Å². The van der Waals surface area contributed by atoms with Gasteiger partial charge in [0, 0.05) is 5.56 Å². The Hall–Kier alpha value is -3.32. The number of aromatic carboxylic acids is 1.